The first-order valence-corrected chi connectivity index (χ1v) is 11.8. The summed E-state index contributed by atoms with van der Waals surface area (Å²) < 4.78 is 2.31. The molecule has 7 heteroatoms. The highest BCUT2D eigenvalue weighted by molar-refractivity contribution is 5.77. The van der Waals surface area contributed by atoms with Gasteiger partial charge in [0.15, 0.2) is 0 Å². The monoisotopic (exact) mass is 423 g/mol. The van der Waals surface area contributed by atoms with Crippen molar-refractivity contribution in [1.82, 2.24) is 29.2 Å². The normalized spacial score (nSPS) is 19.7. The molecule has 0 N–H and O–H groups in total. The molecule has 0 bridgehead atoms. The highest BCUT2D eigenvalue weighted by atomic mass is 15.3. The van der Waals surface area contributed by atoms with Crippen molar-refractivity contribution in [3.63, 3.8) is 0 Å². The Morgan fingerprint density at radius 2 is 1.58 bits per heavy atom. The second-order valence-electron chi connectivity index (χ2n) is 10.4. The average Bonchev–Trinajstić information content (AvgIpc) is 3.08. The van der Waals surface area contributed by atoms with Crippen LogP contribution in [0.15, 0.2) is 12.3 Å². The van der Waals surface area contributed by atoms with E-state index in [9.17, 15) is 5.26 Å². The summed E-state index contributed by atoms with van der Waals surface area (Å²) in [6.45, 7) is 18.0. The summed E-state index contributed by atoms with van der Waals surface area (Å²) in [6, 6.07) is 4.30. The highest BCUT2D eigenvalue weighted by Gasteiger charge is 2.22. The molecule has 168 valence electrons. The molecule has 2 saturated heterocycles. The maximum absolute atomic E-state index is 9.24. The molecule has 0 atom stereocenters. The number of hydrogen-bond donors (Lipinski definition) is 0. The Kier molecular flexibility index (Phi) is 6.90. The Morgan fingerprint density at radius 3 is 2.23 bits per heavy atom. The van der Waals surface area contributed by atoms with E-state index in [1.807, 2.05) is 0 Å². The van der Waals surface area contributed by atoms with Gasteiger partial charge in [0.1, 0.15) is 11.7 Å². The van der Waals surface area contributed by atoms with E-state index in [2.05, 4.69) is 62.1 Å². The molecule has 0 radical (unpaired) electrons. The van der Waals surface area contributed by atoms with Gasteiger partial charge in [-0.2, -0.15) is 5.26 Å². The van der Waals surface area contributed by atoms with Gasteiger partial charge < -0.3 is 9.47 Å². The number of fused-ring (bicyclic) bond motifs is 1. The van der Waals surface area contributed by atoms with E-state index in [1.165, 1.54) is 51.1 Å². The van der Waals surface area contributed by atoms with Crippen molar-refractivity contribution in [2.45, 2.75) is 53.1 Å². The molecule has 0 aliphatic carbocycles. The van der Waals surface area contributed by atoms with Crippen molar-refractivity contribution in [3.05, 3.63) is 23.8 Å². The lowest BCUT2D eigenvalue weighted by Gasteiger charge is -2.36. The number of nitrogens with zero attached hydrogens (tertiary/aromatic N) is 7. The zero-order chi connectivity index (χ0) is 21.8. The van der Waals surface area contributed by atoms with E-state index >= 15 is 0 Å². The van der Waals surface area contributed by atoms with Crippen LogP contribution in [0.25, 0.3) is 11.0 Å². The van der Waals surface area contributed by atoms with Gasteiger partial charge in [0, 0.05) is 69.6 Å². The number of likely N-dealkylation sites (tertiary alicyclic amines) is 1. The molecule has 0 aromatic carbocycles. The van der Waals surface area contributed by atoms with E-state index in [1.54, 1.807) is 6.20 Å². The van der Waals surface area contributed by atoms with Crippen LogP contribution in [-0.4, -0.2) is 81.6 Å². The predicted molar refractivity (Wildman–Crippen MR) is 124 cm³/mol. The minimum absolute atomic E-state index is 0.131. The van der Waals surface area contributed by atoms with E-state index < -0.39 is 0 Å². The maximum Gasteiger partial charge on any atom is 0.234 e. The van der Waals surface area contributed by atoms with Crippen molar-refractivity contribution < 1.29 is 0 Å². The lowest BCUT2D eigenvalue weighted by molar-refractivity contribution is 0.108. The minimum Gasteiger partial charge on any atom is -0.328 e. The summed E-state index contributed by atoms with van der Waals surface area (Å²) in [7, 11) is 0. The molecule has 0 saturated carbocycles. The molecular formula is C24H37N7. The summed E-state index contributed by atoms with van der Waals surface area (Å²) in [6.07, 6.45) is 5.94. The van der Waals surface area contributed by atoms with Crippen LogP contribution in [0.2, 0.25) is 0 Å². The average molecular weight is 424 g/mol. The maximum atomic E-state index is 9.24. The second kappa shape index (κ2) is 9.64. The molecular weight excluding hydrogens is 386 g/mol. The van der Waals surface area contributed by atoms with Crippen LogP contribution in [0.3, 0.4) is 0 Å². The van der Waals surface area contributed by atoms with Crippen molar-refractivity contribution in [3.8, 4) is 6.07 Å². The lowest BCUT2D eigenvalue weighted by atomic mass is 9.97. The molecule has 2 fully saturated rings. The molecule has 2 aliphatic rings. The van der Waals surface area contributed by atoms with Gasteiger partial charge >= 0.3 is 0 Å². The first-order chi connectivity index (χ1) is 14.9. The van der Waals surface area contributed by atoms with Crippen LogP contribution in [0.4, 0.5) is 0 Å². The number of aromatic nitrogens is 3. The van der Waals surface area contributed by atoms with Gasteiger partial charge in [-0.05, 0) is 37.4 Å². The standard InChI is InChI=1S/C24H37N7/c1-24(2,3)19-31-21(15-20-17-26-22(16-25)27-23(20)31)18-30-13-11-29(12-14-30)10-9-28-7-5-4-6-8-28/h15,17H,4-14,18-19H2,1-3H3. The van der Waals surface area contributed by atoms with Crippen LogP contribution in [0, 0.1) is 16.7 Å². The van der Waals surface area contributed by atoms with Gasteiger partial charge in [0.05, 0.1) is 0 Å². The van der Waals surface area contributed by atoms with Gasteiger partial charge in [-0.15, -0.1) is 0 Å². The Balaban J connectivity index is 1.39. The summed E-state index contributed by atoms with van der Waals surface area (Å²) in [5, 5.41) is 10.3. The van der Waals surface area contributed by atoms with Crippen LogP contribution >= 0.6 is 0 Å². The molecule has 7 nitrogen and oxygen atoms in total. The molecule has 2 aliphatic heterocycles. The summed E-state index contributed by atoms with van der Waals surface area (Å²) in [5.74, 6) is 0.245. The number of hydrogen-bond acceptors (Lipinski definition) is 6. The SMILES string of the molecule is CC(C)(C)Cn1c(CN2CCN(CCN3CCCCC3)CC2)cc2cnc(C#N)nc21. The topological polar surface area (TPSA) is 64.2 Å². The van der Waals surface area contributed by atoms with E-state index in [-0.39, 0.29) is 11.2 Å². The molecule has 4 heterocycles. The third-order valence-electron chi connectivity index (χ3n) is 6.48. The molecule has 0 unspecified atom stereocenters. The number of nitriles is 1. The summed E-state index contributed by atoms with van der Waals surface area (Å²) in [5.41, 5.74) is 2.29. The predicted octanol–water partition coefficient (Wildman–Crippen LogP) is 2.95. The van der Waals surface area contributed by atoms with E-state index in [4.69, 9.17) is 0 Å². The summed E-state index contributed by atoms with van der Waals surface area (Å²) >= 11 is 0. The van der Waals surface area contributed by atoms with Crippen LogP contribution in [0.1, 0.15) is 51.6 Å². The van der Waals surface area contributed by atoms with Gasteiger partial charge in [-0.1, -0.05) is 27.2 Å². The third-order valence-corrected chi connectivity index (χ3v) is 6.48. The largest absolute Gasteiger partial charge is 0.328 e. The third kappa shape index (κ3) is 5.82. The van der Waals surface area contributed by atoms with Crippen molar-refractivity contribution >= 4 is 11.0 Å². The highest BCUT2D eigenvalue weighted by Crippen LogP contribution is 2.25. The number of piperazine rings is 1. The van der Waals surface area contributed by atoms with Gasteiger partial charge in [0.25, 0.3) is 0 Å². The fourth-order valence-electron chi connectivity index (χ4n) is 4.80. The quantitative estimate of drug-likeness (QED) is 0.712. The zero-order valence-electron chi connectivity index (χ0n) is 19.5. The number of rotatable bonds is 6. The Hall–Kier alpha value is -2.01. The molecule has 0 amide bonds. The van der Waals surface area contributed by atoms with Gasteiger partial charge in [-0.25, -0.2) is 9.97 Å². The molecule has 4 rings (SSSR count). The van der Waals surface area contributed by atoms with E-state index in [0.717, 1.165) is 50.3 Å². The van der Waals surface area contributed by atoms with E-state index in [0.29, 0.717) is 0 Å². The van der Waals surface area contributed by atoms with Crippen molar-refractivity contribution in [1.29, 1.82) is 5.26 Å². The van der Waals surface area contributed by atoms with Crippen LogP contribution in [0.5, 0.6) is 0 Å². The Morgan fingerprint density at radius 1 is 0.935 bits per heavy atom. The Labute approximate surface area is 186 Å². The van der Waals surface area contributed by atoms with Crippen molar-refractivity contribution in [2.24, 2.45) is 5.41 Å². The fourth-order valence-corrected chi connectivity index (χ4v) is 4.80. The first kappa shape index (κ1) is 22.2. The Bertz CT molecular complexity index is 906. The fraction of sp³-hybridized carbons (Fsp3) is 0.708. The van der Waals surface area contributed by atoms with Gasteiger partial charge in [0.2, 0.25) is 5.82 Å². The van der Waals surface area contributed by atoms with Crippen LogP contribution < -0.4 is 0 Å². The smallest absolute Gasteiger partial charge is 0.234 e. The lowest BCUT2D eigenvalue weighted by Crippen LogP contribution is -2.48. The second-order valence-corrected chi connectivity index (χ2v) is 10.4. The zero-order valence-corrected chi connectivity index (χ0v) is 19.5. The minimum atomic E-state index is 0.131. The van der Waals surface area contributed by atoms with Gasteiger partial charge in [-0.3, -0.25) is 9.80 Å². The first-order valence-electron chi connectivity index (χ1n) is 11.8. The summed E-state index contributed by atoms with van der Waals surface area (Å²) in [4.78, 5) is 16.5. The molecule has 2 aromatic heterocycles. The number of piperidine rings is 1. The molecule has 2 aromatic rings. The van der Waals surface area contributed by atoms with Crippen LogP contribution in [-0.2, 0) is 13.1 Å². The molecule has 0 spiro atoms. The van der Waals surface area contributed by atoms with Crippen molar-refractivity contribution in [2.75, 3.05) is 52.4 Å². The molecule has 31 heavy (non-hydrogen) atoms.